The van der Waals surface area contributed by atoms with E-state index in [1.54, 1.807) is 13.2 Å². The van der Waals surface area contributed by atoms with E-state index in [0.29, 0.717) is 26.2 Å². The van der Waals surface area contributed by atoms with Crippen molar-refractivity contribution in [1.29, 1.82) is 0 Å². The lowest BCUT2D eigenvalue weighted by Gasteiger charge is -2.37. The molecule has 31 heavy (non-hydrogen) atoms. The molecule has 2 saturated heterocycles. The number of aliphatic imine (C=N–C) groups is 1. The first-order valence-electron chi connectivity index (χ1n) is 11.2. The van der Waals surface area contributed by atoms with Crippen molar-refractivity contribution in [1.82, 2.24) is 20.1 Å². The van der Waals surface area contributed by atoms with Crippen LogP contribution in [0.2, 0.25) is 0 Å². The zero-order valence-electron chi connectivity index (χ0n) is 18.3. The summed E-state index contributed by atoms with van der Waals surface area (Å²) in [4.78, 5) is 25.6. The van der Waals surface area contributed by atoms with Gasteiger partial charge < -0.3 is 24.6 Å². The molecule has 1 aliphatic carbocycles. The maximum Gasteiger partial charge on any atom is 0.251 e. The monoisotopic (exact) mass is 543 g/mol. The molecule has 1 N–H and O–H groups in total. The summed E-state index contributed by atoms with van der Waals surface area (Å²) in [5, 5.41) is 3.45. The van der Waals surface area contributed by atoms with E-state index in [-0.39, 0.29) is 42.1 Å². The van der Waals surface area contributed by atoms with Crippen molar-refractivity contribution in [3.05, 3.63) is 23.9 Å². The molecular weight excluding hydrogens is 509 g/mol. The van der Waals surface area contributed by atoms with Gasteiger partial charge in [-0.25, -0.2) is 4.98 Å². The van der Waals surface area contributed by atoms with Crippen molar-refractivity contribution in [3.63, 3.8) is 0 Å². The number of nitrogens with zero attached hydrogens (tertiary/aromatic N) is 4. The van der Waals surface area contributed by atoms with Crippen molar-refractivity contribution >= 4 is 35.8 Å². The molecule has 0 spiro atoms. The molecule has 1 amide bonds. The molecule has 9 heteroatoms. The zero-order valence-corrected chi connectivity index (χ0v) is 20.6. The zero-order chi connectivity index (χ0) is 20.8. The van der Waals surface area contributed by atoms with Crippen LogP contribution in [-0.2, 0) is 16.1 Å². The minimum Gasteiger partial charge on any atom is -0.474 e. The predicted octanol–water partition coefficient (Wildman–Crippen LogP) is 2.42. The maximum atomic E-state index is 12.6. The number of amides is 1. The molecule has 1 aromatic heterocycles. The van der Waals surface area contributed by atoms with Gasteiger partial charge in [-0.05, 0) is 44.6 Å². The highest BCUT2D eigenvalue weighted by Gasteiger charge is 2.31. The van der Waals surface area contributed by atoms with Crippen LogP contribution in [-0.4, -0.2) is 78.7 Å². The number of aromatic nitrogens is 1. The third-order valence-electron chi connectivity index (χ3n) is 6.18. The summed E-state index contributed by atoms with van der Waals surface area (Å²) < 4.78 is 11.7. The van der Waals surface area contributed by atoms with Gasteiger partial charge in [0.15, 0.2) is 5.96 Å². The molecule has 1 saturated carbocycles. The van der Waals surface area contributed by atoms with Gasteiger partial charge in [-0.1, -0.05) is 6.07 Å². The third-order valence-corrected chi connectivity index (χ3v) is 6.18. The highest BCUT2D eigenvalue weighted by Crippen LogP contribution is 2.25. The smallest absolute Gasteiger partial charge is 0.251 e. The minimum absolute atomic E-state index is 0. The molecule has 1 aromatic rings. The molecule has 0 radical (unpaired) electrons. The molecule has 3 fully saturated rings. The molecule has 1 atom stereocenters. The summed E-state index contributed by atoms with van der Waals surface area (Å²) in [6.45, 7) is 4.23. The van der Waals surface area contributed by atoms with E-state index in [1.807, 2.05) is 11.0 Å². The summed E-state index contributed by atoms with van der Waals surface area (Å²) in [6.07, 6.45) is 8.35. The van der Waals surface area contributed by atoms with Gasteiger partial charge in [0.25, 0.3) is 5.91 Å². The van der Waals surface area contributed by atoms with Crippen LogP contribution in [0.1, 0.15) is 44.1 Å². The number of carbonyl (C=O) groups excluding carboxylic acids is 1. The fraction of sp³-hybridized carbons (Fsp3) is 0.682. The van der Waals surface area contributed by atoms with Crippen LogP contribution in [0, 0.1) is 0 Å². The molecule has 3 heterocycles. The van der Waals surface area contributed by atoms with Crippen molar-refractivity contribution in [2.45, 2.75) is 57.3 Å². The number of nitrogens with one attached hydrogen (secondary N) is 1. The van der Waals surface area contributed by atoms with Gasteiger partial charge in [0, 0.05) is 58.1 Å². The second-order valence-electron chi connectivity index (χ2n) is 8.21. The average Bonchev–Trinajstić information content (AvgIpc) is 3.50. The molecular formula is C22H34IN5O3. The Morgan fingerprint density at radius 3 is 2.61 bits per heavy atom. The predicted molar refractivity (Wildman–Crippen MR) is 130 cm³/mol. The van der Waals surface area contributed by atoms with Gasteiger partial charge in [-0.15, -0.1) is 24.0 Å². The summed E-state index contributed by atoms with van der Waals surface area (Å²) in [7, 11) is 1.80. The second kappa shape index (κ2) is 11.8. The third kappa shape index (κ3) is 6.21. The second-order valence-corrected chi connectivity index (χ2v) is 8.21. The topological polar surface area (TPSA) is 79.3 Å². The SMILES string of the molecule is CN=C(NCc1cccnc1OC1CCCC1)N1CCN(C(=O)C2CCCO2)CC1.I. The number of halogens is 1. The van der Waals surface area contributed by atoms with Crippen LogP contribution in [0.3, 0.4) is 0 Å². The first-order chi connectivity index (χ1) is 14.7. The van der Waals surface area contributed by atoms with Gasteiger partial charge >= 0.3 is 0 Å². The molecule has 4 rings (SSSR count). The van der Waals surface area contributed by atoms with Crippen molar-refractivity contribution in [3.8, 4) is 5.88 Å². The van der Waals surface area contributed by atoms with Crippen molar-refractivity contribution in [2.75, 3.05) is 39.8 Å². The van der Waals surface area contributed by atoms with Gasteiger partial charge in [-0.2, -0.15) is 0 Å². The van der Waals surface area contributed by atoms with E-state index >= 15 is 0 Å². The number of carbonyl (C=O) groups is 1. The van der Waals surface area contributed by atoms with Crippen LogP contribution < -0.4 is 10.1 Å². The van der Waals surface area contributed by atoms with Gasteiger partial charge in [-0.3, -0.25) is 9.79 Å². The molecule has 0 bridgehead atoms. The maximum absolute atomic E-state index is 12.6. The Balaban J connectivity index is 0.00000272. The van der Waals surface area contributed by atoms with E-state index in [9.17, 15) is 4.79 Å². The lowest BCUT2D eigenvalue weighted by Crippen LogP contribution is -2.55. The van der Waals surface area contributed by atoms with Crippen LogP contribution >= 0.6 is 24.0 Å². The lowest BCUT2D eigenvalue weighted by atomic mass is 10.2. The quantitative estimate of drug-likeness (QED) is 0.349. The highest BCUT2D eigenvalue weighted by atomic mass is 127. The van der Waals surface area contributed by atoms with E-state index in [0.717, 1.165) is 56.2 Å². The first-order valence-corrected chi connectivity index (χ1v) is 11.2. The Morgan fingerprint density at radius 1 is 1.19 bits per heavy atom. The van der Waals surface area contributed by atoms with Crippen LogP contribution in [0.15, 0.2) is 23.3 Å². The Bertz CT molecular complexity index is 742. The van der Waals surface area contributed by atoms with Crippen molar-refractivity contribution in [2.24, 2.45) is 4.99 Å². The van der Waals surface area contributed by atoms with Gasteiger partial charge in [0.05, 0.1) is 0 Å². The summed E-state index contributed by atoms with van der Waals surface area (Å²) in [6, 6.07) is 3.99. The Hall–Kier alpha value is -1.62. The molecule has 3 aliphatic rings. The summed E-state index contributed by atoms with van der Waals surface area (Å²) in [5.41, 5.74) is 1.04. The molecule has 2 aliphatic heterocycles. The summed E-state index contributed by atoms with van der Waals surface area (Å²) >= 11 is 0. The number of rotatable bonds is 5. The molecule has 0 aromatic carbocycles. The molecule has 8 nitrogen and oxygen atoms in total. The van der Waals surface area contributed by atoms with Crippen LogP contribution in [0.5, 0.6) is 5.88 Å². The molecule has 1 unspecified atom stereocenters. The Morgan fingerprint density at radius 2 is 1.94 bits per heavy atom. The fourth-order valence-electron chi connectivity index (χ4n) is 4.45. The lowest BCUT2D eigenvalue weighted by molar-refractivity contribution is -0.142. The minimum atomic E-state index is -0.238. The number of piperazine rings is 1. The van der Waals surface area contributed by atoms with E-state index in [2.05, 4.69) is 26.3 Å². The first kappa shape index (κ1) is 24.0. The number of hydrogen-bond donors (Lipinski definition) is 1. The van der Waals surface area contributed by atoms with E-state index < -0.39 is 0 Å². The van der Waals surface area contributed by atoms with Crippen LogP contribution in [0.25, 0.3) is 0 Å². The summed E-state index contributed by atoms with van der Waals surface area (Å²) in [5.74, 6) is 1.70. The fourth-order valence-corrected chi connectivity index (χ4v) is 4.45. The Kier molecular flexibility index (Phi) is 9.18. The largest absolute Gasteiger partial charge is 0.474 e. The highest BCUT2D eigenvalue weighted by molar-refractivity contribution is 14.0. The number of guanidine groups is 1. The van der Waals surface area contributed by atoms with Crippen LogP contribution in [0.4, 0.5) is 0 Å². The number of pyridine rings is 1. The van der Waals surface area contributed by atoms with Gasteiger partial charge in [0.1, 0.15) is 12.2 Å². The molecule has 172 valence electrons. The normalized spacial score (nSPS) is 22.4. The van der Waals surface area contributed by atoms with E-state index in [1.165, 1.54) is 12.8 Å². The average molecular weight is 543 g/mol. The number of hydrogen-bond acceptors (Lipinski definition) is 5. The van der Waals surface area contributed by atoms with Crippen molar-refractivity contribution < 1.29 is 14.3 Å². The standard InChI is InChI=1S/C22H33N5O3.HI/c1-23-22(27-13-11-26(12-14-27)21(28)19-9-5-15-29-19)25-16-17-6-4-10-24-20(17)30-18-7-2-3-8-18;/h4,6,10,18-19H,2-3,5,7-9,11-16H2,1H3,(H,23,25);1H. The van der Waals surface area contributed by atoms with E-state index in [4.69, 9.17) is 9.47 Å². The van der Waals surface area contributed by atoms with Gasteiger partial charge in [0.2, 0.25) is 5.88 Å². The number of ether oxygens (including phenoxy) is 2. The Labute approximate surface area is 201 Å².